The van der Waals surface area contributed by atoms with Gasteiger partial charge in [-0.2, -0.15) is 4.31 Å². The number of unbranched alkanes of at least 4 members (excludes halogenated alkanes) is 1. The molecule has 0 radical (unpaired) electrons. The van der Waals surface area contributed by atoms with E-state index in [1.807, 2.05) is 24.3 Å². The molecule has 0 unspecified atom stereocenters. The first-order valence-corrected chi connectivity index (χ1v) is 14.3. The Bertz CT molecular complexity index is 1390. The van der Waals surface area contributed by atoms with Gasteiger partial charge in [-0.15, -0.1) is 0 Å². The molecule has 2 aliphatic rings. The Morgan fingerprint density at radius 3 is 2.68 bits per heavy atom. The summed E-state index contributed by atoms with van der Waals surface area (Å²) in [5.74, 6) is 1.88. The Morgan fingerprint density at radius 2 is 1.87 bits per heavy atom. The number of sulfonamides is 1. The molecule has 1 fully saturated rings. The summed E-state index contributed by atoms with van der Waals surface area (Å²) in [4.78, 5) is 17.2. The van der Waals surface area contributed by atoms with Crippen molar-refractivity contribution in [2.75, 3.05) is 25.3 Å². The van der Waals surface area contributed by atoms with E-state index in [4.69, 9.17) is 9.47 Å². The van der Waals surface area contributed by atoms with Crippen molar-refractivity contribution in [3.63, 3.8) is 0 Å². The van der Waals surface area contributed by atoms with Gasteiger partial charge < -0.3 is 19.9 Å². The average molecular weight is 538 g/mol. The van der Waals surface area contributed by atoms with Crippen LogP contribution in [0, 0.1) is 0 Å². The molecule has 10 heteroatoms. The number of carbonyl (C=O) groups excluding carboxylic acids is 1. The van der Waals surface area contributed by atoms with Crippen molar-refractivity contribution in [2.24, 2.45) is 0 Å². The Labute approximate surface area is 222 Å². The monoisotopic (exact) mass is 537 g/mol. The van der Waals surface area contributed by atoms with Crippen LogP contribution in [0.1, 0.15) is 37.7 Å². The maximum absolute atomic E-state index is 13.0. The molecule has 1 saturated heterocycles. The number of aryl methyl sites for hydroxylation is 1. The molecule has 0 aliphatic carbocycles. The number of amides is 1. The highest BCUT2D eigenvalue weighted by Crippen LogP contribution is 2.33. The van der Waals surface area contributed by atoms with Crippen molar-refractivity contribution in [3.05, 3.63) is 66.2 Å². The molecule has 5 rings (SSSR count). The second-order valence-electron chi connectivity index (χ2n) is 9.47. The highest BCUT2D eigenvalue weighted by atomic mass is 32.2. The summed E-state index contributed by atoms with van der Waals surface area (Å²) in [6.07, 6.45) is 4.24. The largest absolute Gasteiger partial charge is 0.454 e. The number of pyridine rings is 1. The summed E-state index contributed by atoms with van der Waals surface area (Å²) in [5, 5.41) is 12.4. The van der Waals surface area contributed by atoms with Crippen LogP contribution in [0.2, 0.25) is 0 Å². The summed E-state index contributed by atoms with van der Waals surface area (Å²) >= 11 is 0. The third-order valence-corrected chi connectivity index (χ3v) is 8.83. The number of nitrogens with one attached hydrogen (secondary N) is 1. The van der Waals surface area contributed by atoms with Crippen molar-refractivity contribution in [3.8, 4) is 22.8 Å². The SMILES string of the molecule is O=C(CCCCc1ccc2c(c1)OCO2)Nc1cccc(-c2ccc(S(=O)(=O)N3CCC[C@@H]3CO)cc2)n1. The quantitative estimate of drug-likeness (QED) is 0.376. The molecule has 0 spiro atoms. The lowest BCUT2D eigenvalue weighted by atomic mass is 10.1. The van der Waals surface area contributed by atoms with Crippen molar-refractivity contribution < 1.29 is 27.8 Å². The molecular weight excluding hydrogens is 506 g/mol. The predicted molar refractivity (Wildman–Crippen MR) is 142 cm³/mol. The van der Waals surface area contributed by atoms with Gasteiger partial charge >= 0.3 is 0 Å². The van der Waals surface area contributed by atoms with Gasteiger partial charge in [-0.25, -0.2) is 13.4 Å². The summed E-state index contributed by atoms with van der Waals surface area (Å²) in [5.41, 5.74) is 2.52. The minimum atomic E-state index is -3.67. The van der Waals surface area contributed by atoms with Crippen LogP contribution < -0.4 is 14.8 Å². The van der Waals surface area contributed by atoms with E-state index in [1.165, 1.54) is 4.31 Å². The number of aliphatic hydroxyl groups is 1. The van der Waals surface area contributed by atoms with Gasteiger partial charge in [-0.3, -0.25) is 4.79 Å². The van der Waals surface area contributed by atoms with Crippen LogP contribution in [0.25, 0.3) is 11.3 Å². The van der Waals surface area contributed by atoms with Crippen molar-refractivity contribution >= 4 is 21.7 Å². The van der Waals surface area contributed by atoms with E-state index >= 15 is 0 Å². The summed E-state index contributed by atoms with van der Waals surface area (Å²) in [6, 6.07) is 17.4. The molecule has 38 heavy (non-hydrogen) atoms. The molecule has 3 heterocycles. The van der Waals surface area contributed by atoms with E-state index in [-0.39, 0.29) is 30.2 Å². The van der Waals surface area contributed by atoms with E-state index < -0.39 is 10.0 Å². The number of anilines is 1. The maximum atomic E-state index is 13.0. The number of aliphatic hydroxyl groups excluding tert-OH is 1. The van der Waals surface area contributed by atoms with E-state index in [0.29, 0.717) is 30.9 Å². The van der Waals surface area contributed by atoms with E-state index in [0.717, 1.165) is 48.3 Å². The van der Waals surface area contributed by atoms with Crippen LogP contribution >= 0.6 is 0 Å². The predicted octanol–water partition coefficient (Wildman–Crippen LogP) is 3.97. The number of hydrogen-bond donors (Lipinski definition) is 2. The first-order chi connectivity index (χ1) is 18.4. The maximum Gasteiger partial charge on any atom is 0.243 e. The third kappa shape index (κ3) is 5.82. The van der Waals surface area contributed by atoms with Crippen molar-refractivity contribution in [2.45, 2.75) is 49.5 Å². The van der Waals surface area contributed by atoms with Crippen molar-refractivity contribution in [1.29, 1.82) is 0 Å². The average Bonchev–Trinajstić information content (AvgIpc) is 3.61. The molecule has 2 N–H and O–H groups in total. The fourth-order valence-electron chi connectivity index (χ4n) is 4.82. The lowest BCUT2D eigenvalue weighted by Crippen LogP contribution is -2.37. The lowest BCUT2D eigenvalue weighted by Gasteiger charge is -2.22. The summed E-state index contributed by atoms with van der Waals surface area (Å²) in [7, 11) is -3.67. The first kappa shape index (κ1) is 26.1. The van der Waals surface area contributed by atoms with Crippen LogP contribution in [-0.2, 0) is 21.2 Å². The van der Waals surface area contributed by atoms with E-state index in [2.05, 4.69) is 10.3 Å². The number of aromatic nitrogens is 1. The Morgan fingerprint density at radius 1 is 1.05 bits per heavy atom. The zero-order valence-corrected chi connectivity index (χ0v) is 21.8. The second-order valence-corrected chi connectivity index (χ2v) is 11.4. The topological polar surface area (TPSA) is 118 Å². The lowest BCUT2D eigenvalue weighted by molar-refractivity contribution is -0.116. The number of hydrogen-bond acceptors (Lipinski definition) is 7. The minimum absolute atomic E-state index is 0.106. The number of nitrogens with zero attached hydrogens (tertiary/aromatic N) is 2. The standard InChI is InChI=1S/C28H31N3O6S/c32-18-22-6-4-16-31(22)38(34,35)23-13-11-21(12-14-23)24-7-3-8-27(29-24)30-28(33)9-2-1-5-20-10-15-25-26(17-20)37-19-36-25/h3,7-8,10-15,17,22,32H,1-2,4-6,9,16,18-19H2,(H,29,30,33)/t22-/m1/s1. The van der Waals surface area contributed by atoms with Crippen LogP contribution in [0.4, 0.5) is 5.82 Å². The van der Waals surface area contributed by atoms with Crippen LogP contribution in [-0.4, -0.2) is 54.7 Å². The van der Waals surface area contributed by atoms with Crippen LogP contribution in [0.15, 0.2) is 65.6 Å². The van der Waals surface area contributed by atoms with Gasteiger partial charge in [0.15, 0.2) is 11.5 Å². The molecule has 1 atom stereocenters. The third-order valence-electron chi connectivity index (χ3n) is 6.86. The van der Waals surface area contributed by atoms with Crippen LogP contribution in [0.5, 0.6) is 11.5 Å². The highest BCUT2D eigenvalue weighted by Gasteiger charge is 2.34. The number of ether oxygens (including phenoxy) is 2. The molecule has 1 amide bonds. The molecule has 0 bridgehead atoms. The fraction of sp³-hybridized carbons (Fsp3) is 0.357. The Hall–Kier alpha value is -3.47. The molecule has 9 nitrogen and oxygen atoms in total. The summed E-state index contributed by atoms with van der Waals surface area (Å²) < 4.78 is 38.1. The molecule has 3 aromatic rings. The van der Waals surface area contributed by atoms with Crippen molar-refractivity contribution in [1.82, 2.24) is 9.29 Å². The van der Waals surface area contributed by atoms with Gasteiger partial charge in [0.25, 0.3) is 0 Å². The first-order valence-electron chi connectivity index (χ1n) is 12.8. The molecule has 2 aliphatic heterocycles. The zero-order chi connectivity index (χ0) is 26.5. The van der Waals surface area contributed by atoms with Gasteiger partial charge in [-0.1, -0.05) is 24.3 Å². The molecule has 200 valence electrons. The molecule has 0 saturated carbocycles. The molecular formula is C28H31N3O6S. The summed E-state index contributed by atoms with van der Waals surface area (Å²) in [6.45, 7) is 0.489. The van der Waals surface area contributed by atoms with Gasteiger partial charge in [0, 0.05) is 24.6 Å². The van der Waals surface area contributed by atoms with E-state index in [1.54, 1.807) is 36.4 Å². The smallest absolute Gasteiger partial charge is 0.243 e. The molecule has 2 aromatic carbocycles. The van der Waals surface area contributed by atoms with E-state index in [9.17, 15) is 18.3 Å². The highest BCUT2D eigenvalue weighted by molar-refractivity contribution is 7.89. The number of fused-ring (bicyclic) bond motifs is 1. The van der Waals surface area contributed by atoms with Crippen LogP contribution in [0.3, 0.4) is 0 Å². The fourth-order valence-corrected chi connectivity index (χ4v) is 6.51. The Kier molecular flexibility index (Phi) is 7.92. The van der Waals surface area contributed by atoms with Gasteiger partial charge in [0.2, 0.25) is 22.7 Å². The normalized spacial score (nSPS) is 17.0. The second kappa shape index (κ2) is 11.5. The molecule has 1 aromatic heterocycles. The van der Waals surface area contributed by atoms with Gasteiger partial charge in [0.1, 0.15) is 5.82 Å². The zero-order valence-electron chi connectivity index (χ0n) is 21.0. The van der Waals surface area contributed by atoms with Gasteiger partial charge in [0.05, 0.1) is 17.2 Å². The minimum Gasteiger partial charge on any atom is -0.454 e. The van der Waals surface area contributed by atoms with Gasteiger partial charge in [-0.05, 0) is 74.1 Å². The Balaban J connectivity index is 1.14. The number of carbonyl (C=O) groups is 1. The number of benzene rings is 2. The number of rotatable bonds is 10.